The molecule has 6 heteroatoms. The second kappa shape index (κ2) is 4.48. The second-order valence-corrected chi connectivity index (χ2v) is 3.31. The lowest BCUT2D eigenvalue weighted by Gasteiger charge is -2.04. The highest BCUT2D eigenvalue weighted by Gasteiger charge is 2.15. The van der Waals surface area contributed by atoms with Crippen LogP contribution >= 0.6 is 0 Å². The van der Waals surface area contributed by atoms with E-state index in [-0.39, 0.29) is 11.4 Å². The van der Waals surface area contributed by atoms with Crippen molar-refractivity contribution in [2.24, 2.45) is 0 Å². The Labute approximate surface area is 96.4 Å². The first-order chi connectivity index (χ1) is 8.18. The third-order valence-electron chi connectivity index (χ3n) is 2.19. The number of nitrogens with zero attached hydrogens (tertiary/aromatic N) is 1. The van der Waals surface area contributed by atoms with Crippen molar-refractivity contribution in [3.8, 4) is 0 Å². The summed E-state index contributed by atoms with van der Waals surface area (Å²) in [5.74, 6) is -0.413. The summed E-state index contributed by atoms with van der Waals surface area (Å²) in [7, 11) is 0. The van der Waals surface area contributed by atoms with Gasteiger partial charge in [0.05, 0.1) is 4.92 Å². The number of hydrogen-bond acceptors (Lipinski definition) is 3. The van der Waals surface area contributed by atoms with Gasteiger partial charge < -0.3 is 10.3 Å². The Bertz CT molecular complexity index is 549. The smallest absolute Gasteiger partial charge is 0.292 e. The Morgan fingerprint density at radius 2 is 2.00 bits per heavy atom. The first-order valence-corrected chi connectivity index (χ1v) is 4.86. The number of aromatic nitrogens is 1. The minimum Gasteiger partial charge on any atom is -0.357 e. The van der Waals surface area contributed by atoms with E-state index in [9.17, 15) is 14.9 Å². The molecule has 0 radical (unpaired) electrons. The number of nitro benzene ring substituents is 1. The number of anilines is 1. The van der Waals surface area contributed by atoms with Crippen molar-refractivity contribution in [2.45, 2.75) is 0 Å². The number of carbonyl (C=O) groups is 1. The van der Waals surface area contributed by atoms with E-state index in [0.717, 1.165) is 0 Å². The Hall–Kier alpha value is -2.63. The van der Waals surface area contributed by atoms with E-state index in [1.807, 2.05) is 0 Å². The minimum atomic E-state index is -0.537. The number of aromatic amines is 1. The third kappa shape index (κ3) is 2.31. The lowest BCUT2D eigenvalue weighted by atomic mass is 10.2. The van der Waals surface area contributed by atoms with Crippen LogP contribution in [0.5, 0.6) is 0 Å². The highest BCUT2D eigenvalue weighted by Crippen LogP contribution is 2.23. The highest BCUT2D eigenvalue weighted by atomic mass is 16.6. The number of amides is 1. The van der Waals surface area contributed by atoms with Crippen molar-refractivity contribution in [1.29, 1.82) is 0 Å². The fraction of sp³-hybridized carbons (Fsp3) is 0. The summed E-state index contributed by atoms with van der Waals surface area (Å²) >= 11 is 0. The molecule has 0 aliphatic heterocycles. The van der Waals surface area contributed by atoms with Gasteiger partial charge in [-0.05, 0) is 18.2 Å². The summed E-state index contributed by atoms with van der Waals surface area (Å²) in [6.07, 6.45) is 1.61. The van der Waals surface area contributed by atoms with Gasteiger partial charge in [0.1, 0.15) is 11.4 Å². The van der Waals surface area contributed by atoms with Gasteiger partial charge in [0.15, 0.2) is 0 Å². The van der Waals surface area contributed by atoms with Crippen LogP contribution in [0.1, 0.15) is 10.5 Å². The van der Waals surface area contributed by atoms with Crippen LogP contribution in [-0.4, -0.2) is 15.8 Å². The molecule has 1 heterocycles. The Morgan fingerprint density at radius 3 is 2.65 bits per heavy atom. The van der Waals surface area contributed by atoms with Crippen LogP contribution in [0.15, 0.2) is 42.6 Å². The van der Waals surface area contributed by atoms with Gasteiger partial charge >= 0.3 is 0 Å². The largest absolute Gasteiger partial charge is 0.357 e. The lowest BCUT2D eigenvalue weighted by molar-refractivity contribution is -0.383. The number of carbonyl (C=O) groups excluding carboxylic acids is 1. The summed E-state index contributed by atoms with van der Waals surface area (Å²) in [5.41, 5.74) is 0.396. The van der Waals surface area contributed by atoms with Crippen molar-refractivity contribution in [2.75, 3.05) is 5.32 Å². The van der Waals surface area contributed by atoms with Crippen LogP contribution in [0.4, 0.5) is 11.4 Å². The van der Waals surface area contributed by atoms with E-state index in [2.05, 4.69) is 10.3 Å². The van der Waals surface area contributed by atoms with E-state index in [1.54, 1.807) is 30.5 Å². The summed E-state index contributed by atoms with van der Waals surface area (Å²) in [5, 5.41) is 13.2. The number of benzene rings is 1. The molecule has 2 aromatic rings. The molecule has 0 spiro atoms. The van der Waals surface area contributed by atoms with Gasteiger partial charge in [-0.2, -0.15) is 0 Å². The highest BCUT2D eigenvalue weighted by molar-refractivity contribution is 6.04. The molecule has 86 valence electrons. The summed E-state index contributed by atoms with van der Waals surface area (Å²) in [4.78, 5) is 24.6. The SMILES string of the molecule is O=C(Nc1ccccc1[N+](=O)[O-])c1ccc[nH]1. The number of nitro groups is 1. The Kier molecular flexibility index (Phi) is 2.87. The first kappa shape index (κ1) is 10.9. The average Bonchev–Trinajstić information content (AvgIpc) is 2.83. The van der Waals surface area contributed by atoms with Gasteiger partial charge in [0.25, 0.3) is 11.6 Å². The van der Waals surface area contributed by atoms with Crippen LogP contribution in [0, 0.1) is 10.1 Å². The molecule has 0 aliphatic carbocycles. The van der Waals surface area contributed by atoms with Crippen LogP contribution in [0.25, 0.3) is 0 Å². The number of H-pyrrole nitrogens is 1. The summed E-state index contributed by atoms with van der Waals surface area (Å²) in [6, 6.07) is 9.25. The van der Waals surface area contributed by atoms with E-state index in [4.69, 9.17) is 0 Å². The van der Waals surface area contributed by atoms with Gasteiger partial charge in [-0.15, -0.1) is 0 Å². The third-order valence-corrected chi connectivity index (χ3v) is 2.19. The van der Waals surface area contributed by atoms with Crippen LogP contribution < -0.4 is 5.32 Å². The van der Waals surface area contributed by atoms with Gasteiger partial charge in [-0.25, -0.2) is 0 Å². The topological polar surface area (TPSA) is 88.0 Å². The molecule has 17 heavy (non-hydrogen) atoms. The maximum Gasteiger partial charge on any atom is 0.292 e. The van der Waals surface area contributed by atoms with E-state index < -0.39 is 10.8 Å². The molecule has 6 nitrogen and oxygen atoms in total. The number of nitrogens with one attached hydrogen (secondary N) is 2. The minimum absolute atomic E-state index is 0.132. The molecule has 0 bridgehead atoms. The molecule has 2 rings (SSSR count). The molecule has 0 saturated carbocycles. The van der Waals surface area contributed by atoms with Crippen LogP contribution in [-0.2, 0) is 0 Å². The molecule has 0 aliphatic rings. The average molecular weight is 231 g/mol. The number of rotatable bonds is 3. The predicted octanol–water partition coefficient (Wildman–Crippen LogP) is 2.18. The molecular formula is C11H9N3O3. The molecule has 1 aromatic carbocycles. The Balaban J connectivity index is 2.25. The molecule has 0 saturated heterocycles. The fourth-order valence-corrected chi connectivity index (χ4v) is 1.40. The Morgan fingerprint density at radius 1 is 1.24 bits per heavy atom. The molecule has 1 amide bonds. The van der Waals surface area contributed by atoms with Gasteiger partial charge in [0, 0.05) is 12.3 Å². The second-order valence-electron chi connectivity index (χ2n) is 3.31. The number of hydrogen-bond donors (Lipinski definition) is 2. The van der Waals surface area contributed by atoms with Crippen molar-refractivity contribution >= 4 is 17.3 Å². The zero-order valence-corrected chi connectivity index (χ0v) is 8.71. The van der Waals surface area contributed by atoms with E-state index >= 15 is 0 Å². The first-order valence-electron chi connectivity index (χ1n) is 4.86. The fourth-order valence-electron chi connectivity index (χ4n) is 1.40. The predicted molar refractivity (Wildman–Crippen MR) is 61.8 cm³/mol. The summed E-state index contributed by atoms with van der Waals surface area (Å²) < 4.78 is 0. The lowest BCUT2D eigenvalue weighted by Crippen LogP contribution is -2.13. The standard InChI is InChI=1S/C11H9N3O3/c15-11(9-5-3-7-12-9)13-8-4-1-2-6-10(8)14(16)17/h1-7,12H,(H,13,15). The van der Waals surface area contributed by atoms with Crippen molar-refractivity contribution in [3.63, 3.8) is 0 Å². The molecule has 0 fully saturated rings. The van der Waals surface area contributed by atoms with Gasteiger partial charge in [0.2, 0.25) is 0 Å². The van der Waals surface area contributed by atoms with Crippen molar-refractivity contribution in [1.82, 2.24) is 4.98 Å². The van der Waals surface area contributed by atoms with E-state index in [1.165, 1.54) is 12.1 Å². The maximum atomic E-state index is 11.7. The molecule has 1 aromatic heterocycles. The van der Waals surface area contributed by atoms with Gasteiger partial charge in [-0.3, -0.25) is 14.9 Å². The normalized spacial score (nSPS) is 9.88. The van der Waals surface area contributed by atoms with Crippen molar-refractivity contribution in [3.05, 3.63) is 58.4 Å². The van der Waals surface area contributed by atoms with Crippen LogP contribution in [0.2, 0.25) is 0 Å². The van der Waals surface area contributed by atoms with Crippen molar-refractivity contribution < 1.29 is 9.72 Å². The van der Waals surface area contributed by atoms with E-state index in [0.29, 0.717) is 5.69 Å². The summed E-state index contributed by atoms with van der Waals surface area (Å²) in [6.45, 7) is 0. The zero-order valence-electron chi connectivity index (χ0n) is 8.71. The molecule has 0 unspecified atom stereocenters. The zero-order chi connectivity index (χ0) is 12.3. The van der Waals surface area contributed by atoms with Gasteiger partial charge in [-0.1, -0.05) is 12.1 Å². The molecule has 2 N–H and O–H groups in total. The monoisotopic (exact) mass is 231 g/mol. The maximum absolute atomic E-state index is 11.7. The molecule has 0 atom stereocenters. The number of para-hydroxylation sites is 2. The quantitative estimate of drug-likeness (QED) is 0.626. The molecular weight excluding hydrogens is 222 g/mol. The van der Waals surface area contributed by atoms with Crippen LogP contribution in [0.3, 0.4) is 0 Å².